The number of ether oxygens (including phenoxy) is 2. The summed E-state index contributed by atoms with van der Waals surface area (Å²) in [5.74, 6) is -1.24. The third-order valence-electron chi connectivity index (χ3n) is 3.94. The molecule has 8 nitrogen and oxygen atoms in total. The highest BCUT2D eigenvalue weighted by Crippen LogP contribution is 2.22. The number of esters is 1. The molecular weight excluding hydrogens is 328 g/mol. The van der Waals surface area contributed by atoms with Gasteiger partial charge in [0.2, 0.25) is 0 Å². The van der Waals surface area contributed by atoms with Gasteiger partial charge < -0.3 is 24.4 Å². The molecule has 0 atom stereocenters. The molecule has 2 rings (SSSR count). The van der Waals surface area contributed by atoms with Gasteiger partial charge >= 0.3 is 12.1 Å². The molecule has 25 heavy (non-hydrogen) atoms. The maximum atomic E-state index is 12.1. The average molecular weight is 350 g/mol. The van der Waals surface area contributed by atoms with Crippen LogP contribution in [0.4, 0.5) is 4.79 Å². The Hall–Kier alpha value is -2.77. The number of rotatable bonds is 4. The molecule has 0 radical (unpaired) electrons. The number of aryl methyl sites for hydroxylation is 1. The summed E-state index contributed by atoms with van der Waals surface area (Å²) in [6.07, 6.45) is -0.393. The Kier molecular flexibility index (Phi) is 6.21. The van der Waals surface area contributed by atoms with E-state index in [1.54, 1.807) is 26.0 Å². The van der Waals surface area contributed by atoms with Gasteiger partial charge in [0.1, 0.15) is 11.3 Å². The maximum Gasteiger partial charge on any atom is 0.409 e. The first-order valence-corrected chi connectivity index (χ1v) is 8.09. The lowest BCUT2D eigenvalue weighted by molar-refractivity contribution is -0.136. The fourth-order valence-electron chi connectivity index (χ4n) is 2.47. The molecule has 1 aromatic carbocycles. The van der Waals surface area contributed by atoms with Crippen LogP contribution in [0.1, 0.15) is 22.8 Å². The number of piperazine rings is 1. The van der Waals surface area contributed by atoms with Crippen molar-refractivity contribution in [3.63, 3.8) is 0 Å². The second-order valence-electron chi connectivity index (χ2n) is 5.61. The van der Waals surface area contributed by atoms with Crippen LogP contribution in [0, 0.1) is 6.92 Å². The SMILES string of the molecule is CCOC(=O)N1CCN(C(=O)COC(=O)c2cccc(C)c2O)CC1. The minimum absolute atomic E-state index is 0.0277. The number of hydrogen-bond donors (Lipinski definition) is 1. The molecule has 1 saturated heterocycles. The highest BCUT2D eigenvalue weighted by Gasteiger charge is 2.25. The number of phenolic OH excluding ortho intramolecular Hbond substituents is 1. The van der Waals surface area contributed by atoms with E-state index in [-0.39, 0.29) is 17.2 Å². The number of carbonyl (C=O) groups excluding carboxylic acids is 3. The van der Waals surface area contributed by atoms with Gasteiger partial charge in [-0.1, -0.05) is 12.1 Å². The summed E-state index contributed by atoms with van der Waals surface area (Å²) >= 11 is 0. The first kappa shape index (κ1) is 18.6. The van der Waals surface area contributed by atoms with Crippen LogP contribution in [0.25, 0.3) is 0 Å². The summed E-state index contributed by atoms with van der Waals surface area (Å²) in [6, 6.07) is 4.73. The summed E-state index contributed by atoms with van der Waals surface area (Å²) in [7, 11) is 0. The number of para-hydroxylation sites is 1. The van der Waals surface area contributed by atoms with Crippen molar-refractivity contribution in [1.29, 1.82) is 0 Å². The Bertz CT molecular complexity index is 653. The predicted octanol–water partition coefficient (Wildman–Crippen LogP) is 1.16. The van der Waals surface area contributed by atoms with Crippen molar-refractivity contribution in [3.05, 3.63) is 29.3 Å². The topological polar surface area (TPSA) is 96.4 Å². The summed E-state index contributed by atoms with van der Waals surface area (Å²) in [5.41, 5.74) is 0.579. The molecule has 0 unspecified atom stereocenters. The fourth-order valence-corrected chi connectivity index (χ4v) is 2.47. The van der Waals surface area contributed by atoms with Gasteiger partial charge in [0.05, 0.1) is 6.61 Å². The van der Waals surface area contributed by atoms with Crippen LogP contribution in [-0.2, 0) is 14.3 Å². The second-order valence-corrected chi connectivity index (χ2v) is 5.61. The number of benzene rings is 1. The van der Waals surface area contributed by atoms with Crippen molar-refractivity contribution in [1.82, 2.24) is 9.80 Å². The minimum Gasteiger partial charge on any atom is -0.507 e. The van der Waals surface area contributed by atoms with Gasteiger partial charge in [-0.2, -0.15) is 0 Å². The number of carbonyl (C=O) groups is 3. The quantitative estimate of drug-likeness (QED) is 0.819. The van der Waals surface area contributed by atoms with E-state index >= 15 is 0 Å². The lowest BCUT2D eigenvalue weighted by atomic mass is 10.1. The zero-order chi connectivity index (χ0) is 18.4. The van der Waals surface area contributed by atoms with E-state index in [4.69, 9.17) is 9.47 Å². The lowest BCUT2D eigenvalue weighted by Gasteiger charge is -2.33. The smallest absolute Gasteiger partial charge is 0.409 e. The number of amides is 2. The molecule has 0 bridgehead atoms. The monoisotopic (exact) mass is 350 g/mol. The molecule has 1 heterocycles. The first-order chi connectivity index (χ1) is 11.9. The summed E-state index contributed by atoms with van der Waals surface area (Å²) in [6.45, 7) is 4.74. The third kappa shape index (κ3) is 4.62. The van der Waals surface area contributed by atoms with E-state index in [9.17, 15) is 19.5 Å². The van der Waals surface area contributed by atoms with Gasteiger partial charge in [-0.05, 0) is 25.5 Å². The van der Waals surface area contributed by atoms with Crippen molar-refractivity contribution >= 4 is 18.0 Å². The Balaban J connectivity index is 1.82. The number of nitrogens with zero attached hydrogens (tertiary/aromatic N) is 2. The summed E-state index contributed by atoms with van der Waals surface area (Å²) in [5, 5.41) is 9.86. The van der Waals surface area contributed by atoms with Crippen LogP contribution in [0.15, 0.2) is 18.2 Å². The van der Waals surface area contributed by atoms with Crippen LogP contribution in [0.3, 0.4) is 0 Å². The van der Waals surface area contributed by atoms with Crippen LogP contribution in [0.2, 0.25) is 0 Å². The van der Waals surface area contributed by atoms with Gasteiger partial charge in [-0.25, -0.2) is 9.59 Å². The van der Waals surface area contributed by atoms with Crippen molar-refractivity contribution in [2.45, 2.75) is 13.8 Å². The normalized spacial score (nSPS) is 14.2. The highest BCUT2D eigenvalue weighted by molar-refractivity contribution is 5.94. The molecule has 1 aliphatic heterocycles. The van der Waals surface area contributed by atoms with Crippen LogP contribution >= 0.6 is 0 Å². The number of hydrogen-bond acceptors (Lipinski definition) is 6. The van der Waals surface area contributed by atoms with Gasteiger partial charge in [-0.15, -0.1) is 0 Å². The van der Waals surface area contributed by atoms with E-state index in [2.05, 4.69) is 0 Å². The molecule has 0 spiro atoms. The molecule has 0 aliphatic carbocycles. The zero-order valence-corrected chi connectivity index (χ0v) is 14.4. The van der Waals surface area contributed by atoms with Gasteiger partial charge in [0, 0.05) is 26.2 Å². The standard InChI is InChI=1S/C17H22N2O6/c1-3-24-17(23)19-9-7-18(8-10-19)14(20)11-25-16(22)13-6-4-5-12(2)15(13)21/h4-6,21H,3,7-11H2,1-2H3. The molecule has 0 saturated carbocycles. The average Bonchev–Trinajstić information content (AvgIpc) is 2.62. The molecule has 136 valence electrons. The third-order valence-corrected chi connectivity index (χ3v) is 3.94. The van der Waals surface area contributed by atoms with Crippen LogP contribution in [0.5, 0.6) is 5.75 Å². The molecule has 2 amide bonds. The summed E-state index contributed by atoms with van der Waals surface area (Å²) in [4.78, 5) is 38.8. The van der Waals surface area contributed by atoms with Crippen molar-refractivity contribution in [3.8, 4) is 5.75 Å². The Labute approximate surface area is 145 Å². The minimum atomic E-state index is -0.750. The predicted molar refractivity (Wildman–Crippen MR) is 88.3 cm³/mol. The van der Waals surface area contributed by atoms with Gasteiger partial charge in [-0.3, -0.25) is 4.79 Å². The molecule has 1 aliphatic rings. The van der Waals surface area contributed by atoms with E-state index in [1.807, 2.05) is 0 Å². The Morgan fingerprint density at radius 3 is 2.36 bits per heavy atom. The Morgan fingerprint density at radius 2 is 1.72 bits per heavy atom. The molecule has 8 heteroatoms. The second kappa shape index (κ2) is 8.36. The van der Waals surface area contributed by atoms with Gasteiger partial charge in [0.25, 0.3) is 5.91 Å². The van der Waals surface area contributed by atoms with Crippen molar-refractivity contribution in [2.24, 2.45) is 0 Å². The van der Waals surface area contributed by atoms with Gasteiger partial charge in [0.15, 0.2) is 6.61 Å². The molecule has 1 fully saturated rings. The molecule has 0 aromatic heterocycles. The summed E-state index contributed by atoms with van der Waals surface area (Å²) < 4.78 is 9.91. The number of phenols is 1. The van der Waals surface area contributed by atoms with Crippen LogP contribution < -0.4 is 0 Å². The fraction of sp³-hybridized carbons (Fsp3) is 0.471. The largest absolute Gasteiger partial charge is 0.507 e. The molecular formula is C17H22N2O6. The first-order valence-electron chi connectivity index (χ1n) is 8.09. The Morgan fingerprint density at radius 1 is 1.08 bits per heavy atom. The van der Waals surface area contributed by atoms with Crippen molar-refractivity contribution < 1.29 is 29.0 Å². The zero-order valence-electron chi connectivity index (χ0n) is 14.4. The highest BCUT2D eigenvalue weighted by atomic mass is 16.6. The molecule has 1 aromatic rings. The van der Waals surface area contributed by atoms with E-state index < -0.39 is 18.7 Å². The van der Waals surface area contributed by atoms with E-state index in [1.165, 1.54) is 15.9 Å². The van der Waals surface area contributed by atoms with E-state index in [0.29, 0.717) is 38.3 Å². The molecule has 1 N–H and O–H groups in total. The van der Waals surface area contributed by atoms with Crippen LogP contribution in [-0.4, -0.2) is 72.3 Å². The number of aromatic hydroxyl groups is 1. The lowest BCUT2D eigenvalue weighted by Crippen LogP contribution is -2.51. The van der Waals surface area contributed by atoms with E-state index in [0.717, 1.165) is 0 Å². The van der Waals surface area contributed by atoms with Crippen molar-refractivity contribution in [2.75, 3.05) is 39.4 Å². The maximum absolute atomic E-state index is 12.1.